The molecule has 1 aromatic heterocycles. The molecule has 1 aliphatic heterocycles. The molecule has 0 unspecified atom stereocenters. The van der Waals surface area contributed by atoms with Crippen LogP contribution < -0.4 is 0 Å². The number of aromatic nitrogens is 1. The van der Waals surface area contributed by atoms with E-state index in [4.69, 9.17) is 0 Å². The Balaban J connectivity index is 1.84. The minimum Gasteiger partial charge on any atom is -0.390 e. The summed E-state index contributed by atoms with van der Waals surface area (Å²) in [6.45, 7) is 6.99. The number of amides is 1. The van der Waals surface area contributed by atoms with E-state index in [0.29, 0.717) is 0 Å². The molecule has 2 heterocycles. The molecule has 4 heteroatoms. The fourth-order valence-electron chi connectivity index (χ4n) is 4.59. The number of likely N-dealkylation sites (tertiary alicyclic amines) is 1. The summed E-state index contributed by atoms with van der Waals surface area (Å²) in [5.74, 6) is 0.345. The van der Waals surface area contributed by atoms with E-state index in [2.05, 4.69) is 18.4 Å². The predicted octanol–water partition coefficient (Wildman–Crippen LogP) is 3.61. The number of rotatable bonds is 3. The summed E-state index contributed by atoms with van der Waals surface area (Å²) in [5, 5.41) is 10.8. The Morgan fingerprint density at radius 3 is 2.78 bits per heavy atom. The first-order chi connectivity index (χ1) is 10.9. The number of nitrogens with zero attached hydrogens (tertiary/aromatic N) is 2. The van der Waals surface area contributed by atoms with Crippen LogP contribution in [-0.4, -0.2) is 38.7 Å². The fourth-order valence-corrected chi connectivity index (χ4v) is 4.59. The van der Waals surface area contributed by atoms with Gasteiger partial charge in [0.1, 0.15) is 5.69 Å². The van der Waals surface area contributed by atoms with E-state index >= 15 is 0 Å². The highest BCUT2D eigenvalue weighted by Crippen LogP contribution is 2.41. The molecule has 1 amide bonds. The normalized spacial score (nSPS) is 31.8. The summed E-state index contributed by atoms with van der Waals surface area (Å²) >= 11 is 0. The second-order valence-corrected chi connectivity index (χ2v) is 7.81. The van der Waals surface area contributed by atoms with Gasteiger partial charge in [-0.15, -0.1) is 0 Å². The highest BCUT2D eigenvalue weighted by molar-refractivity contribution is 5.93. The molecular formula is C19H30N2O2. The van der Waals surface area contributed by atoms with Crippen molar-refractivity contribution >= 4 is 5.91 Å². The second kappa shape index (κ2) is 6.31. The third-order valence-electron chi connectivity index (χ3n) is 5.83. The number of carbonyl (C=O) groups excluding carboxylic acids is 1. The molecule has 128 valence electrons. The van der Waals surface area contributed by atoms with Crippen molar-refractivity contribution in [2.24, 2.45) is 5.92 Å². The van der Waals surface area contributed by atoms with Gasteiger partial charge in [-0.2, -0.15) is 0 Å². The number of carbonyl (C=O) groups is 1. The lowest BCUT2D eigenvalue weighted by molar-refractivity contribution is -0.0578. The lowest BCUT2D eigenvalue weighted by Crippen LogP contribution is -2.50. The minimum atomic E-state index is -0.633. The summed E-state index contributed by atoms with van der Waals surface area (Å²) in [7, 11) is 0. The summed E-state index contributed by atoms with van der Waals surface area (Å²) in [6, 6.07) is 4.35. The summed E-state index contributed by atoms with van der Waals surface area (Å²) in [4.78, 5) is 15.2. The molecule has 1 saturated heterocycles. The van der Waals surface area contributed by atoms with Crippen LogP contribution in [-0.2, 0) is 0 Å². The van der Waals surface area contributed by atoms with E-state index in [1.54, 1.807) is 0 Å². The van der Waals surface area contributed by atoms with Gasteiger partial charge in [-0.05, 0) is 58.6 Å². The Kier molecular flexibility index (Phi) is 4.54. The van der Waals surface area contributed by atoms with Crippen LogP contribution in [0.5, 0.6) is 0 Å². The fraction of sp³-hybridized carbons (Fsp3) is 0.737. The Morgan fingerprint density at radius 1 is 1.30 bits per heavy atom. The molecule has 0 spiro atoms. The zero-order chi connectivity index (χ0) is 16.6. The monoisotopic (exact) mass is 318 g/mol. The molecular weight excluding hydrogens is 288 g/mol. The van der Waals surface area contributed by atoms with Crippen LogP contribution in [0.2, 0.25) is 0 Å². The van der Waals surface area contributed by atoms with Gasteiger partial charge in [0.15, 0.2) is 0 Å². The molecule has 23 heavy (non-hydrogen) atoms. The smallest absolute Gasteiger partial charge is 0.270 e. The topological polar surface area (TPSA) is 45.5 Å². The Bertz CT molecular complexity index is 561. The van der Waals surface area contributed by atoms with Crippen molar-refractivity contribution in [2.45, 2.75) is 77.0 Å². The highest BCUT2D eigenvalue weighted by Gasteiger charge is 2.45. The van der Waals surface area contributed by atoms with Gasteiger partial charge in [-0.25, -0.2) is 0 Å². The van der Waals surface area contributed by atoms with Gasteiger partial charge in [-0.3, -0.25) is 4.79 Å². The third kappa shape index (κ3) is 3.06. The summed E-state index contributed by atoms with van der Waals surface area (Å²) in [5.41, 5.74) is 0.147. The molecule has 3 rings (SSSR count). The highest BCUT2D eigenvalue weighted by atomic mass is 16.3. The van der Waals surface area contributed by atoms with E-state index in [1.807, 2.05) is 30.2 Å². The number of aliphatic hydroxyl groups is 1. The Labute approximate surface area is 139 Å². The van der Waals surface area contributed by atoms with Crippen LogP contribution in [0.3, 0.4) is 0 Å². The van der Waals surface area contributed by atoms with Crippen molar-refractivity contribution in [1.29, 1.82) is 0 Å². The maximum absolute atomic E-state index is 13.1. The first-order valence-electron chi connectivity index (χ1n) is 9.12. The van der Waals surface area contributed by atoms with E-state index in [1.165, 1.54) is 6.42 Å². The second-order valence-electron chi connectivity index (χ2n) is 7.81. The van der Waals surface area contributed by atoms with Crippen LogP contribution in [0.15, 0.2) is 18.3 Å². The first-order valence-corrected chi connectivity index (χ1v) is 9.12. The van der Waals surface area contributed by atoms with Gasteiger partial charge >= 0.3 is 0 Å². The maximum atomic E-state index is 13.1. The zero-order valence-electron chi connectivity index (χ0n) is 14.7. The van der Waals surface area contributed by atoms with E-state index in [9.17, 15) is 9.90 Å². The van der Waals surface area contributed by atoms with E-state index in [0.717, 1.165) is 44.3 Å². The van der Waals surface area contributed by atoms with Crippen LogP contribution in [0, 0.1) is 5.92 Å². The molecule has 1 aromatic rings. The van der Waals surface area contributed by atoms with Gasteiger partial charge in [0.05, 0.1) is 5.60 Å². The molecule has 0 radical (unpaired) electrons. The van der Waals surface area contributed by atoms with Gasteiger partial charge in [0.2, 0.25) is 0 Å². The van der Waals surface area contributed by atoms with Crippen LogP contribution >= 0.6 is 0 Å². The predicted molar refractivity (Wildman–Crippen MR) is 91.5 cm³/mol. The zero-order valence-corrected chi connectivity index (χ0v) is 14.7. The molecule has 2 fully saturated rings. The molecule has 1 saturated carbocycles. The largest absolute Gasteiger partial charge is 0.390 e. The molecule has 1 aliphatic carbocycles. The Morgan fingerprint density at radius 2 is 2.09 bits per heavy atom. The molecule has 0 aromatic carbocycles. The van der Waals surface area contributed by atoms with Crippen molar-refractivity contribution in [3.8, 4) is 0 Å². The van der Waals surface area contributed by atoms with Crippen molar-refractivity contribution in [1.82, 2.24) is 9.47 Å². The third-order valence-corrected chi connectivity index (χ3v) is 5.83. The number of hydrogen-bond donors (Lipinski definition) is 1. The molecule has 1 N–H and O–H groups in total. The van der Waals surface area contributed by atoms with Crippen molar-refractivity contribution in [2.75, 3.05) is 6.54 Å². The minimum absolute atomic E-state index is 0.132. The van der Waals surface area contributed by atoms with Crippen molar-refractivity contribution in [3.05, 3.63) is 24.0 Å². The van der Waals surface area contributed by atoms with Gasteiger partial charge in [0.25, 0.3) is 5.91 Å². The summed E-state index contributed by atoms with van der Waals surface area (Å²) < 4.78 is 2.05. The molecule has 3 atom stereocenters. The van der Waals surface area contributed by atoms with Crippen molar-refractivity contribution < 1.29 is 9.90 Å². The standard InChI is InChI=1S/C19H30N2O2/c1-14(2)20-12-7-10-17(20)18(22)21-13-6-9-16(21)15-8-4-5-11-19(15,3)23/h7,10,12,14-16,23H,4-6,8-9,11,13H2,1-3H3/t15-,16+,19+/m0/s1. The van der Waals surface area contributed by atoms with Crippen LogP contribution in [0.1, 0.15) is 75.8 Å². The van der Waals surface area contributed by atoms with E-state index in [-0.39, 0.29) is 23.9 Å². The van der Waals surface area contributed by atoms with Gasteiger partial charge < -0.3 is 14.6 Å². The van der Waals surface area contributed by atoms with Gasteiger partial charge in [0, 0.05) is 30.7 Å². The summed E-state index contributed by atoms with van der Waals surface area (Å²) in [6.07, 6.45) is 8.22. The molecule has 4 nitrogen and oxygen atoms in total. The van der Waals surface area contributed by atoms with E-state index < -0.39 is 5.60 Å². The van der Waals surface area contributed by atoms with Crippen LogP contribution in [0.25, 0.3) is 0 Å². The Hall–Kier alpha value is -1.29. The maximum Gasteiger partial charge on any atom is 0.270 e. The average Bonchev–Trinajstić information content (AvgIpc) is 3.15. The van der Waals surface area contributed by atoms with Crippen LogP contribution in [0.4, 0.5) is 0 Å². The molecule has 2 aliphatic rings. The first kappa shape index (κ1) is 16.6. The lowest BCUT2D eigenvalue weighted by atomic mass is 9.72. The number of hydrogen-bond acceptors (Lipinski definition) is 2. The lowest BCUT2D eigenvalue weighted by Gasteiger charge is -2.43. The van der Waals surface area contributed by atoms with Crippen molar-refractivity contribution in [3.63, 3.8) is 0 Å². The molecule has 0 bridgehead atoms. The quantitative estimate of drug-likeness (QED) is 0.925. The SMILES string of the molecule is CC(C)n1cccc1C(=O)N1CCC[C@@H]1[C@@H]1CCCC[C@@]1(C)O. The average molecular weight is 318 g/mol. The van der Waals surface area contributed by atoms with Gasteiger partial charge in [-0.1, -0.05) is 12.8 Å².